The average molecular weight is 508 g/mol. The fourth-order valence-electron chi connectivity index (χ4n) is 4.22. The third-order valence-corrected chi connectivity index (χ3v) is 6.61. The maximum Gasteiger partial charge on any atom is 0.320 e. The number of aliphatic carboxylic acids is 1. The molecule has 9 heteroatoms. The number of carbonyl (C=O) groups is 1. The molecule has 2 aromatic rings. The normalized spacial score (nSPS) is 28.2. The Morgan fingerprint density at radius 1 is 1.11 bits per heavy atom. The fraction of sp³-hybridized carbons (Fsp3) is 0.500. The molecule has 5 unspecified atom stereocenters. The number of aliphatic hydroxyl groups is 3. The van der Waals surface area contributed by atoms with Gasteiger partial charge < -0.3 is 35.2 Å². The van der Waals surface area contributed by atoms with Crippen LogP contribution < -0.4 is 10.1 Å². The van der Waals surface area contributed by atoms with Crippen molar-refractivity contribution in [2.24, 2.45) is 0 Å². The lowest BCUT2D eigenvalue weighted by atomic mass is 9.90. The summed E-state index contributed by atoms with van der Waals surface area (Å²) in [5.41, 5.74) is 2.68. The van der Waals surface area contributed by atoms with Gasteiger partial charge in [0.25, 0.3) is 0 Å². The van der Waals surface area contributed by atoms with Gasteiger partial charge in [-0.25, -0.2) is 0 Å². The summed E-state index contributed by atoms with van der Waals surface area (Å²) in [5.74, 6) is 0.101. The first kappa shape index (κ1) is 27.4. The van der Waals surface area contributed by atoms with E-state index in [9.17, 15) is 20.1 Å². The quantitative estimate of drug-likeness (QED) is 0.403. The highest BCUT2D eigenvalue weighted by Crippen LogP contribution is 2.34. The number of ether oxygens (including phenoxy) is 2. The lowest BCUT2D eigenvalue weighted by Gasteiger charge is -2.39. The summed E-state index contributed by atoms with van der Waals surface area (Å²) < 4.78 is 11.2. The van der Waals surface area contributed by atoms with Crippen molar-refractivity contribution in [2.45, 2.75) is 69.7 Å². The van der Waals surface area contributed by atoms with Crippen LogP contribution in [0.1, 0.15) is 49.5 Å². The molecular weight excluding hydrogens is 474 g/mol. The van der Waals surface area contributed by atoms with E-state index in [0.717, 1.165) is 36.3 Å². The Hall–Kier alpha value is -2.20. The molecule has 35 heavy (non-hydrogen) atoms. The Labute approximate surface area is 210 Å². The van der Waals surface area contributed by atoms with E-state index in [1.807, 2.05) is 37.3 Å². The van der Waals surface area contributed by atoms with Gasteiger partial charge in [-0.1, -0.05) is 35.9 Å². The maximum atomic E-state index is 10.3. The molecule has 0 radical (unpaired) electrons. The van der Waals surface area contributed by atoms with E-state index >= 15 is 0 Å². The molecule has 8 nitrogen and oxygen atoms in total. The number of carboxylic acids is 1. The molecule has 0 spiro atoms. The first-order valence-corrected chi connectivity index (χ1v) is 12.2. The largest absolute Gasteiger partial charge is 0.494 e. The first-order valence-electron chi connectivity index (χ1n) is 11.9. The third kappa shape index (κ3) is 7.16. The monoisotopic (exact) mass is 507 g/mol. The lowest BCUT2D eigenvalue weighted by molar-refractivity contribution is -0.219. The van der Waals surface area contributed by atoms with Crippen LogP contribution in [0, 0.1) is 0 Å². The van der Waals surface area contributed by atoms with Crippen molar-refractivity contribution in [2.75, 3.05) is 13.2 Å². The van der Waals surface area contributed by atoms with Gasteiger partial charge in [0, 0.05) is 5.02 Å². The number of nitrogens with one attached hydrogen (secondary N) is 1. The van der Waals surface area contributed by atoms with Gasteiger partial charge in [0.1, 0.15) is 36.2 Å². The average Bonchev–Trinajstić information content (AvgIpc) is 3.39. The lowest BCUT2D eigenvalue weighted by Crippen LogP contribution is -2.53. The summed E-state index contributed by atoms with van der Waals surface area (Å²) in [5, 5.41) is 42.1. The molecule has 0 aliphatic carbocycles. The highest BCUT2D eigenvalue weighted by Gasteiger charge is 2.42. The molecule has 6 atom stereocenters. The van der Waals surface area contributed by atoms with Crippen molar-refractivity contribution in [3.63, 3.8) is 0 Å². The van der Waals surface area contributed by atoms with Crippen molar-refractivity contribution in [1.29, 1.82) is 0 Å². The van der Waals surface area contributed by atoms with Crippen molar-refractivity contribution < 1.29 is 34.7 Å². The standard InChI is InChI=1S/C21H25ClO5.C5H9NO2/c1-3-26-16-7-4-13(5-8-16)10-15-11-14(6-9-17(15)22)21-20(25)19(24)18(23)12(2)27-21;7-5(8)4-2-1-3-6-4/h4-9,11-12,18-21,23-25H,3,10H2,1-2H3;4,6H,1-3H2,(H,7,8)/t;4-/m.0/s1. The van der Waals surface area contributed by atoms with Crippen LogP contribution in [0.3, 0.4) is 0 Å². The molecule has 2 heterocycles. The Balaban J connectivity index is 0.000000363. The van der Waals surface area contributed by atoms with Gasteiger partial charge in [-0.05, 0) is 74.5 Å². The van der Waals surface area contributed by atoms with Crippen LogP contribution in [-0.2, 0) is 16.0 Å². The van der Waals surface area contributed by atoms with E-state index in [4.69, 9.17) is 26.2 Å². The molecule has 4 rings (SSSR count). The van der Waals surface area contributed by atoms with E-state index in [1.54, 1.807) is 19.1 Å². The van der Waals surface area contributed by atoms with Crippen molar-refractivity contribution in [3.8, 4) is 5.75 Å². The number of carboxylic acid groups (broad SMARTS) is 1. The van der Waals surface area contributed by atoms with Gasteiger partial charge in [0.2, 0.25) is 0 Å². The number of benzene rings is 2. The SMILES string of the molecule is CCOc1ccc(Cc2cc(C3OC(C)C(O)C(O)C3O)ccc2Cl)cc1.O=C(O)[C@@H]1CCCN1. The summed E-state index contributed by atoms with van der Waals surface area (Å²) >= 11 is 6.37. The van der Waals surface area contributed by atoms with Gasteiger partial charge in [0.05, 0.1) is 12.7 Å². The van der Waals surface area contributed by atoms with Gasteiger partial charge in [-0.3, -0.25) is 4.79 Å². The summed E-state index contributed by atoms with van der Waals surface area (Å²) in [6, 6.07) is 13.0. The predicted molar refractivity (Wildman–Crippen MR) is 132 cm³/mol. The minimum Gasteiger partial charge on any atom is -0.494 e. The number of rotatable bonds is 6. The smallest absolute Gasteiger partial charge is 0.320 e. The Morgan fingerprint density at radius 3 is 2.40 bits per heavy atom. The third-order valence-electron chi connectivity index (χ3n) is 6.24. The molecule has 0 amide bonds. The van der Waals surface area contributed by atoms with Crippen LogP contribution in [0.15, 0.2) is 42.5 Å². The molecule has 5 N–H and O–H groups in total. The fourth-order valence-corrected chi connectivity index (χ4v) is 4.40. The summed E-state index contributed by atoms with van der Waals surface area (Å²) in [6.45, 7) is 5.09. The van der Waals surface area contributed by atoms with Crippen LogP contribution in [0.25, 0.3) is 0 Å². The van der Waals surface area contributed by atoms with Crippen LogP contribution >= 0.6 is 11.6 Å². The Morgan fingerprint density at radius 2 is 1.83 bits per heavy atom. The van der Waals surface area contributed by atoms with E-state index in [1.165, 1.54) is 0 Å². The number of hydrogen-bond donors (Lipinski definition) is 5. The van der Waals surface area contributed by atoms with Gasteiger partial charge in [-0.2, -0.15) is 0 Å². The molecule has 2 aliphatic heterocycles. The van der Waals surface area contributed by atoms with Gasteiger partial charge >= 0.3 is 5.97 Å². The Kier molecular flexibility index (Phi) is 9.91. The minimum absolute atomic E-state index is 0.269. The summed E-state index contributed by atoms with van der Waals surface area (Å²) in [7, 11) is 0. The van der Waals surface area contributed by atoms with Crippen molar-refractivity contribution in [1.82, 2.24) is 5.32 Å². The molecule has 2 saturated heterocycles. The predicted octanol–water partition coefficient (Wildman–Crippen LogP) is 2.70. The first-order chi connectivity index (χ1) is 16.7. The topological polar surface area (TPSA) is 128 Å². The zero-order valence-corrected chi connectivity index (χ0v) is 20.7. The molecular formula is C26H34ClNO7. The van der Waals surface area contributed by atoms with Crippen LogP contribution in [0.5, 0.6) is 5.75 Å². The second-order valence-electron chi connectivity index (χ2n) is 8.83. The molecule has 2 fully saturated rings. The molecule has 2 aromatic carbocycles. The van der Waals surface area contributed by atoms with Gasteiger partial charge in [-0.15, -0.1) is 0 Å². The molecule has 0 saturated carbocycles. The zero-order valence-electron chi connectivity index (χ0n) is 19.9. The summed E-state index contributed by atoms with van der Waals surface area (Å²) in [4.78, 5) is 10.1. The highest BCUT2D eigenvalue weighted by molar-refractivity contribution is 6.31. The van der Waals surface area contributed by atoms with E-state index < -0.39 is 36.5 Å². The summed E-state index contributed by atoms with van der Waals surface area (Å²) in [6.07, 6.45) is -2.51. The molecule has 2 aliphatic rings. The number of halogens is 1. The zero-order chi connectivity index (χ0) is 25.5. The number of aliphatic hydroxyl groups excluding tert-OH is 3. The van der Waals surface area contributed by atoms with Crippen LogP contribution in [0.2, 0.25) is 5.02 Å². The van der Waals surface area contributed by atoms with E-state index in [0.29, 0.717) is 23.6 Å². The van der Waals surface area contributed by atoms with Crippen molar-refractivity contribution in [3.05, 3.63) is 64.2 Å². The van der Waals surface area contributed by atoms with E-state index in [2.05, 4.69) is 5.32 Å². The highest BCUT2D eigenvalue weighted by atomic mass is 35.5. The molecule has 0 aromatic heterocycles. The second-order valence-corrected chi connectivity index (χ2v) is 9.23. The van der Waals surface area contributed by atoms with E-state index in [-0.39, 0.29) is 6.04 Å². The van der Waals surface area contributed by atoms with Crippen LogP contribution in [-0.4, -0.2) is 70.0 Å². The molecule has 192 valence electrons. The Bertz CT molecular complexity index is 965. The van der Waals surface area contributed by atoms with Crippen molar-refractivity contribution >= 4 is 17.6 Å². The number of hydrogen-bond acceptors (Lipinski definition) is 7. The molecule has 0 bridgehead atoms. The second kappa shape index (κ2) is 12.7. The minimum atomic E-state index is -1.26. The maximum absolute atomic E-state index is 10.3. The van der Waals surface area contributed by atoms with Gasteiger partial charge in [0.15, 0.2) is 0 Å². The van der Waals surface area contributed by atoms with Crippen LogP contribution in [0.4, 0.5) is 0 Å².